The van der Waals surface area contributed by atoms with Crippen LogP contribution in [0.3, 0.4) is 0 Å². The van der Waals surface area contributed by atoms with Crippen molar-refractivity contribution in [3.8, 4) is 0 Å². The van der Waals surface area contributed by atoms with Crippen molar-refractivity contribution < 1.29 is 26.4 Å². The summed E-state index contributed by atoms with van der Waals surface area (Å²) in [4.78, 5) is 15.1. The lowest BCUT2D eigenvalue weighted by Crippen LogP contribution is -2.16. The molecule has 1 heterocycles. The first-order valence-corrected chi connectivity index (χ1v) is 11.6. The molecule has 1 amide bonds. The van der Waals surface area contributed by atoms with Gasteiger partial charge in [0.05, 0.1) is 26.9 Å². The number of benzene rings is 2. The van der Waals surface area contributed by atoms with Crippen LogP contribution in [0.15, 0.2) is 72.3 Å². The lowest BCUT2D eigenvalue weighted by Gasteiger charge is -2.15. The minimum Gasteiger partial charge on any atom is -0.323 e. The molecule has 178 valence electrons. The first-order valence-electron chi connectivity index (χ1n) is 9.76. The van der Waals surface area contributed by atoms with Crippen LogP contribution in [0.2, 0.25) is 5.02 Å². The molecule has 0 aliphatic rings. The zero-order valence-electron chi connectivity index (χ0n) is 17.8. The molecule has 34 heavy (non-hydrogen) atoms. The number of carbonyl (C=O) groups excluding carboxylic acids is 1. The Labute approximate surface area is 199 Å². The number of amides is 1. The third-order valence-corrected chi connectivity index (χ3v) is 6.38. The van der Waals surface area contributed by atoms with E-state index in [0.29, 0.717) is 23.0 Å². The van der Waals surface area contributed by atoms with Crippen molar-refractivity contribution in [2.24, 2.45) is 0 Å². The Morgan fingerprint density at radius 1 is 1.15 bits per heavy atom. The molecule has 0 atom stereocenters. The van der Waals surface area contributed by atoms with Gasteiger partial charge in [0.25, 0.3) is 10.0 Å². The van der Waals surface area contributed by atoms with Crippen molar-refractivity contribution in [1.29, 1.82) is 0 Å². The first kappa shape index (κ1) is 25.3. The van der Waals surface area contributed by atoms with Gasteiger partial charge in [-0.3, -0.25) is 14.5 Å². The van der Waals surface area contributed by atoms with Gasteiger partial charge in [-0.2, -0.15) is 13.2 Å². The predicted octanol–water partition coefficient (Wildman–Crippen LogP) is 5.58. The third kappa shape index (κ3) is 6.15. The molecule has 2 N–H and O–H groups in total. The summed E-state index contributed by atoms with van der Waals surface area (Å²) >= 11 is 5.60. The monoisotopic (exact) mass is 509 g/mol. The Hall–Kier alpha value is -3.37. The summed E-state index contributed by atoms with van der Waals surface area (Å²) in [6.45, 7) is 5.08. The summed E-state index contributed by atoms with van der Waals surface area (Å²) in [6, 6.07) is 10.7. The maximum atomic E-state index is 13.2. The number of anilines is 2. The lowest BCUT2D eigenvalue weighted by molar-refractivity contribution is -0.137. The fourth-order valence-electron chi connectivity index (χ4n) is 3.01. The minimum absolute atomic E-state index is 0.132. The number of hydrogen-bond acceptors (Lipinski definition) is 4. The van der Waals surface area contributed by atoms with Gasteiger partial charge in [0, 0.05) is 18.3 Å². The van der Waals surface area contributed by atoms with Crippen LogP contribution in [0.1, 0.15) is 22.4 Å². The molecule has 11 heteroatoms. The van der Waals surface area contributed by atoms with E-state index in [9.17, 15) is 26.4 Å². The highest BCUT2D eigenvalue weighted by Crippen LogP contribution is 2.36. The molecule has 0 radical (unpaired) electrons. The zero-order chi connectivity index (χ0) is 25.1. The van der Waals surface area contributed by atoms with Crippen molar-refractivity contribution in [2.75, 3.05) is 10.0 Å². The van der Waals surface area contributed by atoms with Crippen LogP contribution in [-0.4, -0.2) is 19.3 Å². The molecule has 2 aromatic carbocycles. The SMILES string of the molecule is C=CC(=O)Nc1ccc(Cc2ncc(C)cc2NS(=O)(=O)c2ccc(Cl)c(C(F)(F)F)c2)cc1. The molecule has 3 aromatic rings. The van der Waals surface area contributed by atoms with E-state index in [2.05, 4.69) is 21.6 Å². The fraction of sp³-hybridized carbons (Fsp3) is 0.130. The summed E-state index contributed by atoms with van der Waals surface area (Å²) in [7, 11) is -4.37. The smallest absolute Gasteiger partial charge is 0.323 e. The van der Waals surface area contributed by atoms with Gasteiger partial charge in [-0.15, -0.1) is 0 Å². The zero-order valence-corrected chi connectivity index (χ0v) is 19.4. The number of aryl methyl sites for hydroxylation is 1. The molecule has 1 aromatic heterocycles. The third-order valence-electron chi connectivity index (χ3n) is 4.68. The molecular weight excluding hydrogens is 491 g/mol. The summed E-state index contributed by atoms with van der Waals surface area (Å²) < 4.78 is 67.7. The summed E-state index contributed by atoms with van der Waals surface area (Å²) in [6.07, 6.45) is -1.89. The van der Waals surface area contributed by atoms with Gasteiger partial charge in [0.1, 0.15) is 0 Å². The van der Waals surface area contributed by atoms with E-state index in [1.54, 1.807) is 43.5 Å². The van der Waals surface area contributed by atoms with Gasteiger partial charge in [-0.1, -0.05) is 30.3 Å². The summed E-state index contributed by atoms with van der Waals surface area (Å²) in [5.74, 6) is -0.361. The Balaban J connectivity index is 1.89. The molecule has 0 saturated heterocycles. The lowest BCUT2D eigenvalue weighted by atomic mass is 10.1. The molecule has 0 fully saturated rings. The van der Waals surface area contributed by atoms with Crippen LogP contribution < -0.4 is 10.0 Å². The molecular formula is C23H19ClF3N3O3S. The van der Waals surface area contributed by atoms with Crippen LogP contribution in [-0.2, 0) is 27.4 Å². The average Bonchev–Trinajstić information content (AvgIpc) is 2.76. The van der Waals surface area contributed by atoms with Crippen molar-refractivity contribution in [1.82, 2.24) is 4.98 Å². The van der Waals surface area contributed by atoms with Gasteiger partial charge >= 0.3 is 6.18 Å². The number of alkyl halides is 3. The Bertz CT molecular complexity index is 1340. The number of hydrogen-bond donors (Lipinski definition) is 2. The van der Waals surface area contributed by atoms with E-state index in [1.807, 2.05) is 0 Å². The molecule has 0 unspecified atom stereocenters. The normalized spacial score (nSPS) is 11.7. The van der Waals surface area contributed by atoms with Crippen molar-refractivity contribution >= 4 is 38.9 Å². The number of pyridine rings is 1. The van der Waals surface area contributed by atoms with Crippen LogP contribution in [0.5, 0.6) is 0 Å². The number of rotatable bonds is 7. The molecule has 0 aliphatic carbocycles. The number of nitrogens with zero attached hydrogens (tertiary/aromatic N) is 1. The molecule has 0 spiro atoms. The second-order valence-electron chi connectivity index (χ2n) is 7.32. The van der Waals surface area contributed by atoms with Crippen molar-refractivity contribution in [3.63, 3.8) is 0 Å². The number of carbonyl (C=O) groups is 1. The minimum atomic E-state index is -4.81. The average molecular weight is 510 g/mol. The van der Waals surface area contributed by atoms with E-state index in [-0.39, 0.29) is 18.0 Å². The number of aromatic nitrogens is 1. The predicted molar refractivity (Wildman–Crippen MR) is 124 cm³/mol. The number of nitrogens with one attached hydrogen (secondary N) is 2. The molecule has 3 rings (SSSR count). The highest BCUT2D eigenvalue weighted by Gasteiger charge is 2.34. The first-order chi connectivity index (χ1) is 15.9. The molecule has 6 nitrogen and oxygen atoms in total. The second kappa shape index (κ2) is 9.86. The molecule has 0 aliphatic heterocycles. The van der Waals surface area contributed by atoms with Crippen LogP contribution >= 0.6 is 11.6 Å². The van der Waals surface area contributed by atoms with Crippen LogP contribution in [0.25, 0.3) is 0 Å². The maximum absolute atomic E-state index is 13.2. The second-order valence-corrected chi connectivity index (χ2v) is 9.41. The Morgan fingerprint density at radius 3 is 2.44 bits per heavy atom. The topological polar surface area (TPSA) is 88.2 Å². The highest BCUT2D eigenvalue weighted by atomic mass is 35.5. The van der Waals surface area contributed by atoms with Gasteiger partial charge in [0.2, 0.25) is 5.91 Å². The Kier molecular flexibility index (Phi) is 7.32. The number of halogens is 4. The highest BCUT2D eigenvalue weighted by molar-refractivity contribution is 7.92. The largest absolute Gasteiger partial charge is 0.417 e. The van der Waals surface area contributed by atoms with E-state index in [0.717, 1.165) is 23.8 Å². The van der Waals surface area contributed by atoms with Crippen molar-refractivity contribution in [3.05, 3.63) is 94.8 Å². The van der Waals surface area contributed by atoms with E-state index < -0.39 is 31.7 Å². The van der Waals surface area contributed by atoms with Crippen LogP contribution in [0, 0.1) is 6.92 Å². The summed E-state index contributed by atoms with van der Waals surface area (Å²) in [5, 5.41) is 2.02. The maximum Gasteiger partial charge on any atom is 0.417 e. The molecule has 0 bridgehead atoms. The van der Waals surface area contributed by atoms with Crippen molar-refractivity contribution in [2.45, 2.75) is 24.4 Å². The van der Waals surface area contributed by atoms with Gasteiger partial charge in [0.15, 0.2) is 0 Å². The van der Waals surface area contributed by atoms with Gasteiger partial charge in [-0.05, 0) is 60.5 Å². The number of sulfonamides is 1. The summed E-state index contributed by atoms with van der Waals surface area (Å²) in [5.41, 5.74) is 1.21. The fourth-order valence-corrected chi connectivity index (χ4v) is 4.34. The van der Waals surface area contributed by atoms with Crippen LogP contribution in [0.4, 0.5) is 24.5 Å². The molecule has 0 saturated carbocycles. The van der Waals surface area contributed by atoms with E-state index in [1.165, 1.54) is 0 Å². The standard InChI is InChI=1S/C23H19ClF3N3O3S/c1-3-22(31)29-16-6-4-15(5-7-16)11-20-21(10-14(2)13-28-20)30-34(32,33)17-8-9-19(24)18(12-17)23(25,26)27/h3-10,12-13,30H,1,11H2,2H3,(H,29,31). The van der Waals surface area contributed by atoms with Gasteiger partial charge < -0.3 is 5.32 Å². The Morgan fingerprint density at radius 2 is 1.82 bits per heavy atom. The quantitative estimate of drug-likeness (QED) is 0.407. The van der Waals surface area contributed by atoms with Gasteiger partial charge in [-0.25, -0.2) is 8.42 Å². The van der Waals surface area contributed by atoms with E-state index in [4.69, 9.17) is 11.6 Å². The van der Waals surface area contributed by atoms with E-state index >= 15 is 0 Å².